The number of carboxylic acid groups (broad SMARTS) is 1. The molecular formula is C20H19FO7. The van der Waals surface area contributed by atoms with Crippen LogP contribution >= 0.6 is 0 Å². The van der Waals surface area contributed by atoms with E-state index in [9.17, 15) is 34.8 Å². The van der Waals surface area contributed by atoms with Crippen molar-refractivity contribution in [1.29, 1.82) is 0 Å². The highest BCUT2D eigenvalue weighted by atomic mass is 19.1. The molecule has 0 aliphatic heterocycles. The number of ketones is 2. The predicted octanol–water partition coefficient (Wildman–Crippen LogP) is 1.02. The number of rotatable bonds is 8. The number of aliphatic carboxylic acids is 1. The standard InChI is InChI=1S/C20H19FO7/c1-19(21,18(26)27)20(28,16(24)13-10-6-3-7-11-13)17(25)15(23)14(22)12-8-4-2-5-9-12/h2-11,15,17,23,25,28H,1H3,(H,26,27)/t15?,17-,19+,20-/m1/s1. The Morgan fingerprint density at radius 3 is 1.75 bits per heavy atom. The molecule has 0 amide bonds. The van der Waals surface area contributed by atoms with Gasteiger partial charge in [-0.25, -0.2) is 9.18 Å². The molecule has 0 saturated heterocycles. The molecule has 2 rings (SSSR count). The first-order chi connectivity index (χ1) is 13.0. The molecule has 0 aromatic heterocycles. The zero-order valence-electron chi connectivity index (χ0n) is 14.8. The predicted molar refractivity (Wildman–Crippen MR) is 95.7 cm³/mol. The maximum absolute atomic E-state index is 15.0. The molecule has 4 atom stereocenters. The number of carbonyl (C=O) groups is 3. The molecule has 1 unspecified atom stereocenters. The van der Waals surface area contributed by atoms with Gasteiger partial charge in [-0.3, -0.25) is 9.59 Å². The van der Waals surface area contributed by atoms with Crippen LogP contribution in [0.15, 0.2) is 60.7 Å². The van der Waals surface area contributed by atoms with Crippen molar-refractivity contribution in [2.24, 2.45) is 0 Å². The highest BCUT2D eigenvalue weighted by Gasteiger charge is 2.65. The van der Waals surface area contributed by atoms with Gasteiger partial charge in [0, 0.05) is 11.1 Å². The van der Waals surface area contributed by atoms with Crippen LogP contribution in [0.4, 0.5) is 4.39 Å². The van der Waals surface area contributed by atoms with Crippen LogP contribution in [0.3, 0.4) is 0 Å². The Labute approximate surface area is 159 Å². The minimum absolute atomic E-state index is 0.0838. The van der Waals surface area contributed by atoms with E-state index < -0.39 is 41.0 Å². The summed E-state index contributed by atoms with van der Waals surface area (Å²) in [6.45, 7) is 0.374. The molecule has 0 aliphatic rings. The lowest BCUT2D eigenvalue weighted by Gasteiger charge is -2.39. The maximum atomic E-state index is 15.0. The van der Waals surface area contributed by atoms with E-state index in [1.807, 2.05) is 0 Å². The summed E-state index contributed by atoms with van der Waals surface area (Å²) in [5.41, 5.74) is -7.77. The number of alkyl halides is 1. The number of aliphatic hydroxyl groups excluding tert-OH is 2. The normalized spacial score (nSPS) is 17.6. The van der Waals surface area contributed by atoms with Crippen LogP contribution in [0, 0.1) is 0 Å². The SMILES string of the molecule is C[C@](F)(C(=O)O)[C@@](O)(C(=O)c1ccccc1)[C@H](O)C(O)C(=O)c1ccccc1. The van der Waals surface area contributed by atoms with Crippen molar-refractivity contribution < 1.29 is 39.2 Å². The Morgan fingerprint density at radius 1 is 0.893 bits per heavy atom. The van der Waals surface area contributed by atoms with Gasteiger partial charge in [0.05, 0.1) is 0 Å². The van der Waals surface area contributed by atoms with E-state index in [-0.39, 0.29) is 11.1 Å². The van der Waals surface area contributed by atoms with Crippen molar-refractivity contribution in [3.8, 4) is 0 Å². The van der Waals surface area contributed by atoms with Crippen LogP contribution in [0.25, 0.3) is 0 Å². The zero-order valence-corrected chi connectivity index (χ0v) is 14.8. The molecule has 0 saturated carbocycles. The van der Waals surface area contributed by atoms with Gasteiger partial charge < -0.3 is 20.4 Å². The third-order valence-corrected chi connectivity index (χ3v) is 4.55. The number of halogens is 1. The van der Waals surface area contributed by atoms with E-state index in [1.165, 1.54) is 54.6 Å². The molecule has 0 aliphatic carbocycles. The minimum atomic E-state index is -3.72. The largest absolute Gasteiger partial charge is 0.479 e. The van der Waals surface area contributed by atoms with E-state index in [0.717, 1.165) is 0 Å². The monoisotopic (exact) mass is 390 g/mol. The van der Waals surface area contributed by atoms with Crippen LogP contribution in [0.2, 0.25) is 0 Å². The third-order valence-electron chi connectivity index (χ3n) is 4.55. The van der Waals surface area contributed by atoms with Gasteiger partial charge in [0.25, 0.3) is 0 Å². The first kappa shape index (κ1) is 21.4. The van der Waals surface area contributed by atoms with Crippen molar-refractivity contribution in [2.75, 3.05) is 0 Å². The highest BCUT2D eigenvalue weighted by Crippen LogP contribution is 2.35. The fourth-order valence-corrected chi connectivity index (χ4v) is 2.74. The average molecular weight is 390 g/mol. The van der Waals surface area contributed by atoms with E-state index >= 15 is 4.39 Å². The van der Waals surface area contributed by atoms with Crippen molar-refractivity contribution in [3.05, 3.63) is 71.8 Å². The average Bonchev–Trinajstić information content (AvgIpc) is 2.71. The summed E-state index contributed by atoms with van der Waals surface area (Å²) >= 11 is 0. The minimum Gasteiger partial charge on any atom is -0.479 e. The van der Waals surface area contributed by atoms with Crippen molar-refractivity contribution in [3.63, 3.8) is 0 Å². The van der Waals surface area contributed by atoms with Gasteiger partial charge in [-0.1, -0.05) is 60.7 Å². The van der Waals surface area contributed by atoms with Crippen LogP contribution < -0.4 is 0 Å². The first-order valence-corrected chi connectivity index (χ1v) is 8.25. The number of carbonyl (C=O) groups excluding carboxylic acids is 2. The molecule has 8 heteroatoms. The number of benzene rings is 2. The number of Topliss-reactive ketones (excluding diaryl/α,β-unsaturated/α-hetero) is 2. The van der Waals surface area contributed by atoms with E-state index in [4.69, 9.17) is 0 Å². The van der Waals surface area contributed by atoms with Crippen molar-refractivity contribution >= 4 is 17.5 Å². The fraction of sp³-hybridized carbons (Fsp3) is 0.250. The van der Waals surface area contributed by atoms with Crippen LogP contribution in [-0.4, -0.2) is 61.4 Å². The van der Waals surface area contributed by atoms with Crippen LogP contribution in [0.1, 0.15) is 27.6 Å². The van der Waals surface area contributed by atoms with Crippen molar-refractivity contribution in [2.45, 2.75) is 30.4 Å². The van der Waals surface area contributed by atoms with E-state index in [1.54, 1.807) is 6.07 Å². The maximum Gasteiger partial charge on any atom is 0.344 e. The number of hydrogen-bond acceptors (Lipinski definition) is 6. The van der Waals surface area contributed by atoms with Gasteiger partial charge in [0.1, 0.15) is 12.2 Å². The molecule has 2 aromatic carbocycles. The number of aliphatic hydroxyl groups is 3. The summed E-state index contributed by atoms with van der Waals surface area (Å²) in [4.78, 5) is 36.6. The molecule has 0 fully saturated rings. The third kappa shape index (κ3) is 3.57. The Kier molecular flexibility index (Phi) is 6.08. The molecule has 148 valence electrons. The smallest absolute Gasteiger partial charge is 0.344 e. The topological polar surface area (TPSA) is 132 Å². The Morgan fingerprint density at radius 2 is 1.32 bits per heavy atom. The highest BCUT2D eigenvalue weighted by molar-refractivity contribution is 6.08. The molecule has 4 N–H and O–H groups in total. The first-order valence-electron chi connectivity index (χ1n) is 8.25. The second-order valence-corrected chi connectivity index (χ2v) is 6.39. The summed E-state index contributed by atoms with van der Waals surface area (Å²) in [7, 11) is 0. The molecule has 0 radical (unpaired) electrons. The molecule has 2 aromatic rings. The lowest BCUT2D eigenvalue weighted by molar-refractivity contribution is -0.186. The van der Waals surface area contributed by atoms with Crippen LogP contribution in [0.5, 0.6) is 0 Å². The Hall–Kier alpha value is -2.94. The van der Waals surface area contributed by atoms with Gasteiger partial charge in [-0.2, -0.15) is 0 Å². The van der Waals surface area contributed by atoms with Gasteiger partial charge in [-0.15, -0.1) is 0 Å². The summed E-state index contributed by atoms with van der Waals surface area (Å²) in [5, 5.41) is 40.7. The molecule has 0 spiro atoms. The number of hydrogen-bond donors (Lipinski definition) is 4. The van der Waals surface area contributed by atoms with E-state index in [0.29, 0.717) is 6.92 Å². The second-order valence-electron chi connectivity index (χ2n) is 6.39. The second kappa shape index (κ2) is 7.97. The summed E-state index contributed by atoms with van der Waals surface area (Å²) in [5.74, 6) is -4.86. The van der Waals surface area contributed by atoms with Gasteiger partial charge in [-0.05, 0) is 6.92 Å². The lowest BCUT2D eigenvalue weighted by Crippen LogP contribution is -2.69. The Bertz CT molecular complexity index is 867. The van der Waals surface area contributed by atoms with Crippen molar-refractivity contribution in [1.82, 2.24) is 0 Å². The molecule has 0 bridgehead atoms. The summed E-state index contributed by atoms with van der Waals surface area (Å²) in [6.07, 6.45) is -5.23. The lowest BCUT2D eigenvalue weighted by atomic mass is 9.73. The van der Waals surface area contributed by atoms with E-state index in [2.05, 4.69) is 0 Å². The van der Waals surface area contributed by atoms with Gasteiger partial charge in [0.15, 0.2) is 5.78 Å². The summed E-state index contributed by atoms with van der Waals surface area (Å²) < 4.78 is 15.0. The van der Waals surface area contributed by atoms with Crippen LogP contribution in [-0.2, 0) is 4.79 Å². The quantitative estimate of drug-likeness (QED) is 0.495. The number of carboxylic acids is 1. The molecule has 7 nitrogen and oxygen atoms in total. The molecule has 0 heterocycles. The van der Waals surface area contributed by atoms with Gasteiger partial charge in [0.2, 0.25) is 17.1 Å². The Balaban J connectivity index is 2.54. The zero-order chi connectivity index (χ0) is 21.1. The van der Waals surface area contributed by atoms with Gasteiger partial charge >= 0.3 is 5.97 Å². The summed E-state index contributed by atoms with van der Waals surface area (Å²) in [6, 6.07) is 13.7. The fourth-order valence-electron chi connectivity index (χ4n) is 2.74. The molecular weight excluding hydrogens is 371 g/mol. The molecule has 28 heavy (non-hydrogen) atoms.